The van der Waals surface area contributed by atoms with Crippen LogP contribution in [-0.4, -0.2) is 36.0 Å². The lowest BCUT2D eigenvalue weighted by atomic mass is 9.94. The highest BCUT2D eigenvalue weighted by atomic mass is 35.5. The minimum Gasteiger partial charge on any atom is -0.454 e. The van der Waals surface area contributed by atoms with Gasteiger partial charge in [-0.15, -0.1) is 0 Å². The van der Waals surface area contributed by atoms with E-state index in [0.29, 0.717) is 34.7 Å². The Balaban J connectivity index is 1.32. The van der Waals surface area contributed by atoms with Gasteiger partial charge in [0.05, 0.1) is 10.3 Å². The average molecular weight is 501 g/mol. The van der Waals surface area contributed by atoms with Crippen molar-refractivity contribution in [3.63, 3.8) is 0 Å². The normalized spacial score (nSPS) is 16.3. The molecule has 1 saturated carbocycles. The maximum Gasteiger partial charge on any atom is 0.236 e. The number of carbonyl (C=O) groups is 1. The molecule has 1 unspecified atom stereocenters. The molecule has 0 bridgehead atoms. The van der Waals surface area contributed by atoms with Gasteiger partial charge in [-0.05, 0) is 49.4 Å². The molecule has 1 aliphatic carbocycles. The number of ether oxygens (including phenoxy) is 3. The second-order valence-electron chi connectivity index (χ2n) is 8.38. The van der Waals surface area contributed by atoms with Gasteiger partial charge in [0, 0.05) is 30.0 Å². The van der Waals surface area contributed by atoms with Crippen LogP contribution in [-0.2, 0) is 14.9 Å². The zero-order valence-electron chi connectivity index (χ0n) is 18.5. The number of nitrogens with one attached hydrogen (secondary N) is 1. The molecule has 34 heavy (non-hydrogen) atoms. The Morgan fingerprint density at radius 3 is 2.82 bits per heavy atom. The standard InChI is InChI=1S/C25H25ClN2O5S/c26-18-6-2-1-5-17(18)22(31-12-4-3-11-29)21-14-27-24(34-21)28-23(30)25(9-10-25)16-7-8-19-20(13-16)33-15-32-19/h1-2,5-8,13-14,22,29H,3-4,9-12,15H2,(H,27,28,30). The summed E-state index contributed by atoms with van der Waals surface area (Å²) >= 11 is 7.83. The Bertz CT molecular complexity index is 1180. The molecule has 0 spiro atoms. The van der Waals surface area contributed by atoms with Crippen molar-refractivity contribution in [1.82, 2.24) is 4.98 Å². The first kappa shape index (κ1) is 23.1. The van der Waals surface area contributed by atoms with Crippen LogP contribution in [0.2, 0.25) is 5.02 Å². The van der Waals surface area contributed by atoms with Crippen LogP contribution in [0.4, 0.5) is 5.13 Å². The van der Waals surface area contributed by atoms with Crippen molar-refractivity contribution in [3.05, 3.63) is 69.7 Å². The number of rotatable bonds is 10. The first-order valence-corrected chi connectivity index (χ1v) is 12.4. The van der Waals surface area contributed by atoms with Crippen LogP contribution in [0, 0.1) is 0 Å². The molecule has 2 aliphatic rings. The first-order chi connectivity index (χ1) is 16.6. The van der Waals surface area contributed by atoms with E-state index in [2.05, 4.69) is 10.3 Å². The SMILES string of the molecule is O=C(Nc1ncc(C(OCCCCO)c2ccccc2Cl)s1)C1(c2ccc3c(c2)OCO3)CC1. The number of carbonyl (C=O) groups excluding carboxylic acids is 1. The molecule has 3 aromatic rings. The fourth-order valence-corrected chi connectivity index (χ4v) is 5.19. The van der Waals surface area contributed by atoms with Gasteiger partial charge in [0.1, 0.15) is 6.10 Å². The number of amides is 1. The molecule has 0 radical (unpaired) electrons. The highest BCUT2D eigenvalue weighted by Crippen LogP contribution is 2.51. The van der Waals surface area contributed by atoms with Gasteiger partial charge in [0.2, 0.25) is 12.7 Å². The summed E-state index contributed by atoms with van der Waals surface area (Å²) in [4.78, 5) is 18.5. The third-order valence-electron chi connectivity index (χ3n) is 6.14. The topological polar surface area (TPSA) is 89.9 Å². The van der Waals surface area contributed by atoms with E-state index in [-0.39, 0.29) is 19.3 Å². The Kier molecular flexibility index (Phi) is 6.74. The maximum absolute atomic E-state index is 13.3. The molecule has 2 heterocycles. The van der Waals surface area contributed by atoms with Crippen molar-refractivity contribution < 1.29 is 24.1 Å². The Morgan fingerprint density at radius 2 is 2.03 bits per heavy atom. The summed E-state index contributed by atoms with van der Waals surface area (Å²) in [5, 5.41) is 13.2. The van der Waals surface area contributed by atoms with E-state index in [0.717, 1.165) is 35.3 Å². The van der Waals surface area contributed by atoms with Crippen molar-refractivity contribution in [2.75, 3.05) is 25.3 Å². The molecule has 2 N–H and O–H groups in total. The summed E-state index contributed by atoms with van der Waals surface area (Å²) in [5.74, 6) is 1.30. The van der Waals surface area contributed by atoms with Gasteiger partial charge in [-0.25, -0.2) is 4.98 Å². The summed E-state index contributed by atoms with van der Waals surface area (Å²) in [6.45, 7) is 0.805. The molecule has 5 rings (SSSR count). The zero-order valence-corrected chi connectivity index (χ0v) is 20.0. The van der Waals surface area contributed by atoms with Crippen molar-refractivity contribution >= 4 is 34.0 Å². The number of halogens is 1. The first-order valence-electron chi connectivity index (χ1n) is 11.2. The second-order valence-corrected chi connectivity index (χ2v) is 9.84. The summed E-state index contributed by atoms with van der Waals surface area (Å²) in [6.07, 6.45) is 4.26. The monoisotopic (exact) mass is 500 g/mol. The van der Waals surface area contributed by atoms with Crippen LogP contribution in [0.25, 0.3) is 0 Å². The number of aliphatic hydroxyl groups excluding tert-OH is 1. The van der Waals surface area contributed by atoms with Crippen molar-refractivity contribution in [2.24, 2.45) is 0 Å². The number of hydrogen-bond acceptors (Lipinski definition) is 7. The number of benzene rings is 2. The lowest BCUT2D eigenvalue weighted by Crippen LogP contribution is -2.27. The molecule has 178 valence electrons. The van der Waals surface area contributed by atoms with Gasteiger partial charge >= 0.3 is 0 Å². The van der Waals surface area contributed by atoms with E-state index >= 15 is 0 Å². The van der Waals surface area contributed by atoms with Gasteiger partial charge in [-0.3, -0.25) is 4.79 Å². The quantitative estimate of drug-likeness (QED) is 0.377. The third-order valence-corrected chi connectivity index (χ3v) is 7.44. The minimum atomic E-state index is -0.574. The number of fused-ring (bicyclic) bond motifs is 1. The predicted molar refractivity (Wildman–Crippen MR) is 130 cm³/mol. The smallest absolute Gasteiger partial charge is 0.236 e. The Labute approximate surface area is 206 Å². The van der Waals surface area contributed by atoms with Gasteiger partial charge in [0.25, 0.3) is 0 Å². The number of hydrogen-bond donors (Lipinski definition) is 2. The van der Waals surface area contributed by atoms with E-state index < -0.39 is 11.5 Å². The molecule has 9 heteroatoms. The highest BCUT2D eigenvalue weighted by Gasteiger charge is 2.52. The summed E-state index contributed by atoms with van der Waals surface area (Å²) in [5.41, 5.74) is 1.19. The average Bonchev–Trinajstić information content (AvgIpc) is 3.30. The lowest BCUT2D eigenvalue weighted by Gasteiger charge is -2.18. The number of aliphatic hydroxyl groups is 1. The van der Waals surface area contributed by atoms with Crippen LogP contribution >= 0.6 is 22.9 Å². The lowest BCUT2D eigenvalue weighted by molar-refractivity contribution is -0.118. The van der Waals surface area contributed by atoms with E-state index in [1.54, 1.807) is 6.20 Å². The van der Waals surface area contributed by atoms with Gasteiger partial charge < -0.3 is 24.6 Å². The molecule has 2 aromatic carbocycles. The summed E-state index contributed by atoms with van der Waals surface area (Å²) in [7, 11) is 0. The number of anilines is 1. The van der Waals surface area contributed by atoms with Gasteiger partial charge in [-0.2, -0.15) is 0 Å². The third kappa shape index (κ3) is 4.63. The summed E-state index contributed by atoms with van der Waals surface area (Å²) < 4.78 is 17.0. The van der Waals surface area contributed by atoms with Crippen LogP contribution in [0.1, 0.15) is 47.8 Å². The van der Waals surface area contributed by atoms with Gasteiger partial charge in [-0.1, -0.05) is 47.2 Å². The van der Waals surface area contributed by atoms with E-state index in [4.69, 9.17) is 30.9 Å². The molecule has 7 nitrogen and oxygen atoms in total. The Morgan fingerprint density at radius 1 is 1.21 bits per heavy atom. The van der Waals surface area contributed by atoms with E-state index in [1.807, 2.05) is 42.5 Å². The van der Waals surface area contributed by atoms with E-state index in [9.17, 15) is 4.79 Å². The van der Waals surface area contributed by atoms with Gasteiger partial charge in [0.15, 0.2) is 16.6 Å². The molecule has 1 fully saturated rings. The largest absolute Gasteiger partial charge is 0.454 e. The van der Waals surface area contributed by atoms with Crippen LogP contribution < -0.4 is 14.8 Å². The van der Waals surface area contributed by atoms with E-state index in [1.165, 1.54) is 11.3 Å². The Hall–Kier alpha value is -2.65. The van der Waals surface area contributed by atoms with Crippen molar-refractivity contribution in [1.29, 1.82) is 0 Å². The molecule has 0 saturated heterocycles. The van der Waals surface area contributed by atoms with Crippen LogP contribution in [0.5, 0.6) is 11.5 Å². The fourth-order valence-electron chi connectivity index (χ4n) is 4.08. The maximum atomic E-state index is 13.3. The molecule has 1 aromatic heterocycles. The van der Waals surface area contributed by atoms with Crippen LogP contribution in [0.3, 0.4) is 0 Å². The second kappa shape index (κ2) is 9.92. The number of thiazole rings is 1. The molecule has 1 aliphatic heterocycles. The zero-order chi connectivity index (χ0) is 23.5. The highest BCUT2D eigenvalue weighted by molar-refractivity contribution is 7.15. The fraction of sp³-hybridized carbons (Fsp3) is 0.360. The minimum absolute atomic E-state index is 0.0783. The number of aromatic nitrogens is 1. The molecule has 1 amide bonds. The van der Waals surface area contributed by atoms with Crippen molar-refractivity contribution in [3.8, 4) is 11.5 Å². The molecular weight excluding hydrogens is 476 g/mol. The summed E-state index contributed by atoms with van der Waals surface area (Å²) in [6, 6.07) is 13.2. The molecule has 1 atom stereocenters. The molecular formula is C25H25ClN2O5S. The van der Waals surface area contributed by atoms with Crippen molar-refractivity contribution in [2.45, 2.75) is 37.2 Å². The van der Waals surface area contributed by atoms with Crippen LogP contribution in [0.15, 0.2) is 48.7 Å². The number of nitrogens with zero attached hydrogens (tertiary/aromatic N) is 1. The number of unbranched alkanes of at least 4 members (excludes halogenated alkanes) is 1. The predicted octanol–water partition coefficient (Wildman–Crippen LogP) is 5.07.